The second-order valence-corrected chi connectivity index (χ2v) is 2.39. The first-order chi connectivity index (χ1) is 5.70. The fourth-order valence-corrected chi connectivity index (χ4v) is 1.10. The summed E-state index contributed by atoms with van der Waals surface area (Å²) in [5.74, 6) is -1.19. The van der Waals surface area contributed by atoms with Crippen LogP contribution in [0, 0.1) is 11.6 Å². The summed E-state index contributed by atoms with van der Waals surface area (Å²) >= 11 is 0. The molecule has 0 aliphatic heterocycles. The molecule has 0 unspecified atom stereocenters. The third-order valence-electron chi connectivity index (χ3n) is 1.72. The molecule has 0 spiro atoms. The molecule has 12 heavy (non-hydrogen) atoms. The van der Waals surface area contributed by atoms with E-state index in [0.717, 1.165) is 12.1 Å². The highest BCUT2D eigenvalue weighted by Crippen LogP contribution is 2.15. The Kier molecular flexibility index (Phi) is 2.53. The van der Waals surface area contributed by atoms with Gasteiger partial charge in [-0.05, 0) is 18.6 Å². The van der Waals surface area contributed by atoms with Crippen molar-refractivity contribution < 1.29 is 13.6 Å². The van der Waals surface area contributed by atoms with Crippen LogP contribution in [0.5, 0.6) is 0 Å². The molecule has 0 aromatic heterocycles. The Labute approximate surface area is 69.0 Å². The zero-order chi connectivity index (χ0) is 9.14. The van der Waals surface area contributed by atoms with E-state index in [1.165, 1.54) is 0 Å². The minimum atomic E-state index is -0.664. The van der Waals surface area contributed by atoms with E-state index in [4.69, 9.17) is 0 Å². The molecule has 0 saturated heterocycles. The number of benzene rings is 1. The maximum Gasteiger partial charge on any atom is 0.153 e. The molecule has 0 aliphatic rings. The Morgan fingerprint density at radius 2 is 1.92 bits per heavy atom. The van der Waals surface area contributed by atoms with Gasteiger partial charge in [0.25, 0.3) is 0 Å². The van der Waals surface area contributed by atoms with Crippen LogP contribution < -0.4 is 0 Å². The molecule has 1 rings (SSSR count). The lowest BCUT2D eigenvalue weighted by atomic mass is 10.1. The fraction of sp³-hybridized carbons (Fsp3) is 0.222. The molecule has 0 amide bonds. The molecule has 0 heterocycles. The molecule has 0 aliphatic carbocycles. The zero-order valence-corrected chi connectivity index (χ0v) is 6.60. The summed E-state index contributed by atoms with van der Waals surface area (Å²) in [7, 11) is 0. The highest BCUT2D eigenvalue weighted by Gasteiger charge is 2.10. The Hall–Kier alpha value is -1.25. The Morgan fingerprint density at radius 3 is 2.33 bits per heavy atom. The third kappa shape index (κ3) is 1.35. The number of hydrogen-bond donors (Lipinski definition) is 0. The first kappa shape index (κ1) is 8.84. The van der Waals surface area contributed by atoms with Gasteiger partial charge in [-0.25, -0.2) is 8.78 Å². The minimum Gasteiger partial charge on any atom is -0.298 e. The van der Waals surface area contributed by atoms with Crippen LogP contribution in [-0.4, -0.2) is 6.29 Å². The zero-order valence-electron chi connectivity index (χ0n) is 6.60. The Balaban J connectivity index is 3.38. The van der Waals surface area contributed by atoms with Gasteiger partial charge in [-0.1, -0.05) is 6.92 Å². The van der Waals surface area contributed by atoms with Gasteiger partial charge < -0.3 is 0 Å². The van der Waals surface area contributed by atoms with Crippen molar-refractivity contribution in [3.05, 3.63) is 34.9 Å². The van der Waals surface area contributed by atoms with E-state index in [1.807, 2.05) is 0 Å². The van der Waals surface area contributed by atoms with Crippen LogP contribution in [0.3, 0.4) is 0 Å². The standard InChI is InChI=1S/C9H8F2O/c1-2-6-7(5-12)9(11)4-3-8(6)10/h3-5H,2H2,1H3. The topological polar surface area (TPSA) is 17.1 Å². The summed E-state index contributed by atoms with van der Waals surface area (Å²) in [5, 5.41) is 0. The lowest BCUT2D eigenvalue weighted by Gasteiger charge is -2.03. The molecule has 1 aromatic carbocycles. The van der Waals surface area contributed by atoms with Crippen molar-refractivity contribution in [1.29, 1.82) is 0 Å². The molecule has 0 atom stereocenters. The normalized spacial score (nSPS) is 9.92. The molecule has 0 fully saturated rings. The predicted octanol–water partition coefficient (Wildman–Crippen LogP) is 2.34. The van der Waals surface area contributed by atoms with Gasteiger partial charge in [0.15, 0.2) is 6.29 Å². The molecule has 0 radical (unpaired) electrons. The lowest BCUT2D eigenvalue weighted by molar-refractivity contribution is 0.111. The van der Waals surface area contributed by atoms with Gasteiger partial charge in [0, 0.05) is 5.56 Å². The summed E-state index contributed by atoms with van der Waals surface area (Å²) < 4.78 is 25.7. The first-order valence-electron chi connectivity index (χ1n) is 3.62. The summed E-state index contributed by atoms with van der Waals surface area (Å²) in [4.78, 5) is 10.4. The van der Waals surface area contributed by atoms with E-state index in [-0.39, 0.29) is 11.1 Å². The molecule has 0 N–H and O–H groups in total. The first-order valence-corrected chi connectivity index (χ1v) is 3.62. The molecule has 3 heteroatoms. The van der Waals surface area contributed by atoms with Crippen LogP contribution in [0.4, 0.5) is 8.78 Å². The van der Waals surface area contributed by atoms with Gasteiger partial charge in [-0.2, -0.15) is 0 Å². The summed E-state index contributed by atoms with van der Waals surface area (Å²) in [6.07, 6.45) is 0.662. The van der Waals surface area contributed by atoms with E-state index in [1.54, 1.807) is 6.92 Å². The number of carbonyl (C=O) groups excluding carboxylic acids is 1. The van der Waals surface area contributed by atoms with Gasteiger partial charge in [0.2, 0.25) is 0 Å². The number of halogens is 2. The molecule has 0 saturated carbocycles. The Bertz CT molecular complexity index is 308. The molecule has 1 nitrogen and oxygen atoms in total. The minimum absolute atomic E-state index is 0.144. The predicted molar refractivity (Wildman–Crippen MR) is 41.1 cm³/mol. The SMILES string of the molecule is CCc1c(F)ccc(F)c1C=O. The van der Waals surface area contributed by atoms with E-state index >= 15 is 0 Å². The lowest BCUT2D eigenvalue weighted by Crippen LogP contribution is -1.98. The van der Waals surface area contributed by atoms with E-state index < -0.39 is 11.6 Å². The van der Waals surface area contributed by atoms with E-state index in [0.29, 0.717) is 12.7 Å². The number of rotatable bonds is 2. The number of carbonyl (C=O) groups is 1. The third-order valence-corrected chi connectivity index (χ3v) is 1.72. The van der Waals surface area contributed by atoms with Crippen molar-refractivity contribution in [2.75, 3.05) is 0 Å². The maximum absolute atomic E-state index is 12.9. The summed E-state index contributed by atoms with van der Waals surface area (Å²) in [5.41, 5.74) is -0.0255. The van der Waals surface area contributed by atoms with Crippen LogP contribution in [0.2, 0.25) is 0 Å². The van der Waals surface area contributed by atoms with Gasteiger partial charge in [-0.15, -0.1) is 0 Å². The van der Waals surface area contributed by atoms with Crippen LogP contribution in [-0.2, 0) is 6.42 Å². The van der Waals surface area contributed by atoms with Gasteiger partial charge in [0.05, 0.1) is 5.56 Å². The van der Waals surface area contributed by atoms with E-state index in [9.17, 15) is 13.6 Å². The molecule has 0 bridgehead atoms. The van der Waals surface area contributed by atoms with Crippen molar-refractivity contribution in [2.45, 2.75) is 13.3 Å². The summed E-state index contributed by atoms with van der Waals surface area (Å²) in [6, 6.07) is 1.99. The van der Waals surface area contributed by atoms with Crippen molar-refractivity contribution in [2.24, 2.45) is 0 Å². The molecule has 64 valence electrons. The van der Waals surface area contributed by atoms with Crippen LogP contribution in [0.25, 0.3) is 0 Å². The van der Waals surface area contributed by atoms with Crippen LogP contribution in [0.1, 0.15) is 22.8 Å². The average Bonchev–Trinajstić information content (AvgIpc) is 2.08. The second kappa shape index (κ2) is 3.43. The van der Waals surface area contributed by atoms with Gasteiger partial charge in [0.1, 0.15) is 11.6 Å². The van der Waals surface area contributed by atoms with Crippen molar-refractivity contribution >= 4 is 6.29 Å². The smallest absolute Gasteiger partial charge is 0.153 e. The fourth-order valence-electron chi connectivity index (χ4n) is 1.10. The quantitative estimate of drug-likeness (QED) is 0.622. The molecular formula is C9H8F2O. The number of hydrogen-bond acceptors (Lipinski definition) is 1. The highest BCUT2D eigenvalue weighted by molar-refractivity contribution is 5.77. The number of aldehydes is 1. The Morgan fingerprint density at radius 1 is 1.33 bits per heavy atom. The molecule has 1 aromatic rings. The molecular weight excluding hydrogens is 162 g/mol. The largest absolute Gasteiger partial charge is 0.298 e. The van der Waals surface area contributed by atoms with Crippen molar-refractivity contribution in [1.82, 2.24) is 0 Å². The van der Waals surface area contributed by atoms with Crippen molar-refractivity contribution in [3.8, 4) is 0 Å². The van der Waals surface area contributed by atoms with Crippen LogP contribution in [0.15, 0.2) is 12.1 Å². The second-order valence-electron chi connectivity index (χ2n) is 2.39. The van der Waals surface area contributed by atoms with Gasteiger partial charge in [-0.3, -0.25) is 4.79 Å². The van der Waals surface area contributed by atoms with Crippen LogP contribution >= 0.6 is 0 Å². The van der Waals surface area contributed by atoms with E-state index in [2.05, 4.69) is 0 Å². The average molecular weight is 170 g/mol. The van der Waals surface area contributed by atoms with Gasteiger partial charge >= 0.3 is 0 Å². The summed E-state index contributed by atoms with van der Waals surface area (Å²) in [6.45, 7) is 1.67. The van der Waals surface area contributed by atoms with Crippen molar-refractivity contribution in [3.63, 3.8) is 0 Å². The monoisotopic (exact) mass is 170 g/mol. The maximum atomic E-state index is 12.9. The highest BCUT2D eigenvalue weighted by atomic mass is 19.1.